The molecular formula is C16H22ClN3O4. The summed E-state index contributed by atoms with van der Waals surface area (Å²) in [5.41, 5.74) is -0.0433. The highest BCUT2D eigenvalue weighted by Crippen LogP contribution is 2.29. The Kier molecular flexibility index (Phi) is 6.01. The molecular weight excluding hydrogens is 334 g/mol. The van der Waals surface area contributed by atoms with Crippen molar-refractivity contribution in [2.24, 2.45) is 0 Å². The van der Waals surface area contributed by atoms with E-state index in [2.05, 4.69) is 5.32 Å². The molecule has 2 saturated heterocycles. The van der Waals surface area contributed by atoms with Crippen LogP contribution in [0.25, 0.3) is 0 Å². The number of nitro benzene ring substituents is 1. The van der Waals surface area contributed by atoms with Crippen molar-refractivity contribution in [2.75, 3.05) is 13.7 Å². The molecule has 0 spiro atoms. The van der Waals surface area contributed by atoms with E-state index in [1.54, 1.807) is 17.0 Å². The first-order valence-electron chi connectivity index (χ1n) is 7.92. The van der Waals surface area contributed by atoms with E-state index in [1.165, 1.54) is 25.0 Å². The van der Waals surface area contributed by atoms with Gasteiger partial charge >= 0.3 is 0 Å². The average Bonchev–Trinajstić information content (AvgIpc) is 2.90. The first kappa shape index (κ1) is 18.5. The number of halogens is 1. The van der Waals surface area contributed by atoms with Crippen molar-refractivity contribution in [3.63, 3.8) is 0 Å². The van der Waals surface area contributed by atoms with Gasteiger partial charge in [0.15, 0.2) is 6.61 Å². The van der Waals surface area contributed by atoms with Gasteiger partial charge in [-0.05, 0) is 31.7 Å². The van der Waals surface area contributed by atoms with E-state index in [9.17, 15) is 14.9 Å². The largest absolute Gasteiger partial charge is 0.484 e. The van der Waals surface area contributed by atoms with E-state index >= 15 is 0 Å². The summed E-state index contributed by atoms with van der Waals surface area (Å²) < 4.78 is 5.43. The summed E-state index contributed by atoms with van der Waals surface area (Å²) >= 11 is 0. The minimum atomic E-state index is -0.481. The number of fused-ring (bicyclic) bond motifs is 2. The molecule has 2 atom stereocenters. The fraction of sp³-hybridized carbons (Fsp3) is 0.562. The van der Waals surface area contributed by atoms with Crippen LogP contribution < -0.4 is 10.1 Å². The lowest BCUT2D eigenvalue weighted by molar-refractivity contribution is -0.384. The Morgan fingerprint density at radius 2 is 2.04 bits per heavy atom. The van der Waals surface area contributed by atoms with E-state index in [0.717, 1.165) is 12.8 Å². The fourth-order valence-corrected chi connectivity index (χ4v) is 3.48. The number of carbonyl (C=O) groups excluding carboxylic acids is 1. The molecule has 132 valence electrons. The molecule has 0 aliphatic carbocycles. The zero-order chi connectivity index (χ0) is 16.4. The maximum atomic E-state index is 12.3. The van der Waals surface area contributed by atoms with Gasteiger partial charge in [0.1, 0.15) is 5.75 Å². The number of hydrogen-bond donors (Lipinski definition) is 1. The lowest BCUT2D eigenvalue weighted by atomic mass is 9.98. The van der Waals surface area contributed by atoms with E-state index in [-0.39, 0.29) is 36.7 Å². The predicted molar refractivity (Wildman–Crippen MR) is 91.6 cm³/mol. The second-order valence-corrected chi connectivity index (χ2v) is 6.31. The van der Waals surface area contributed by atoms with Gasteiger partial charge in [-0.1, -0.05) is 6.07 Å². The molecule has 1 amide bonds. The van der Waals surface area contributed by atoms with Gasteiger partial charge in [0.05, 0.1) is 11.0 Å². The van der Waals surface area contributed by atoms with Gasteiger partial charge in [-0.25, -0.2) is 0 Å². The number of non-ortho nitro benzene ring substituents is 1. The number of hydrogen-bond acceptors (Lipinski definition) is 5. The Balaban J connectivity index is 0.00000208. The van der Waals surface area contributed by atoms with Gasteiger partial charge < -0.3 is 15.0 Å². The summed E-state index contributed by atoms with van der Waals surface area (Å²) in [5, 5.41) is 14.3. The highest BCUT2D eigenvalue weighted by Gasteiger charge is 2.36. The molecule has 1 N–H and O–H groups in total. The van der Waals surface area contributed by atoms with E-state index in [0.29, 0.717) is 17.8 Å². The number of amides is 1. The molecule has 2 aliphatic heterocycles. The smallest absolute Gasteiger partial charge is 0.273 e. The monoisotopic (exact) mass is 355 g/mol. The summed E-state index contributed by atoms with van der Waals surface area (Å²) in [6.07, 6.45) is 4.34. The van der Waals surface area contributed by atoms with Gasteiger partial charge in [0.2, 0.25) is 0 Å². The molecule has 1 aromatic carbocycles. The topological polar surface area (TPSA) is 84.7 Å². The second kappa shape index (κ2) is 7.81. The van der Waals surface area contributed by atoms with Crippen LogP contribution in [0.5, 0.6) is 5.75 Å². The number of rotatable bonds is 5. The Hall–Kier alpha value is -1.86. The first-order valence-corrected chi connectivity index (χ1v) is 7.92. The third-order valence-corrected chi connectivity index (χ3v) is 4.78. The SMILES string of the molecule is CN(C(=O)COc1cccc([N+](=O)[O-])c1)C1CC2CCC(C1)N2.Cl. The van der Waals surface area contributed by atoms with Crippen molar-refractivity contribution < 1.29 is 14.5 Å². The normalized spacial score (nSPS) is 24.8. The van der Waals surface area contributed by atoms with Gasteiger partial charge in [0.25, 0.3) is 11.6 Å². The number of nitrogens with zero attached hydrogens (tertiary/aromatic N) is 2. The van der Waals surface area contributed by atoms with Crippen LogP contribution in [-0.4, -0.2) is 47.5 Å². The van der Waals surface area contributed by atoms with Crippen molar-refractivity contribution in [3.8, 4) is 5.75 Å². The number of benzene rings is 1. The summed E-state index contributed by atoms with van der Waals surface area (Å²) in [7, 11) is 1.81. The molecule has 2 aliphatic rings. The quantitative estimate of drug-likeness (QED) is 0.646. The molecule has 8 heteroatoms. The van der Waals surface area contributed by atoms with Crippen LogP contribution in [0, 0.1) is 10.1 Å². The van der Waals surface area contributed by atoms with Crippen LogP contribution in [0.2, 0.25) is 0 Å². The molecule has 2 heterocycles. The maximum Gasteiger partial charge on any atom is 0.273 e. The number of nitrogens with one attached hydrogen (secondary N) is 1. The molecule has 2 fully saturated rings. The van der Waals surface area contributed by atoms with Gasteiger partial charge in [0, 0.05) is 31.2 Å². The molecule has 2 unspecified atom stereocenters. The highest BCUT2D eigenvalue weighted by molar-refractivity contribution is 5.85. The lowest BCUT2D eigenvalue weighted by Crippen LogP contribution is -2.49. The van der Waals surface area contributed by atoms with Crippen molar-refractivity contribution in [3.05, 3.63) is 34.4 Å². The second-order valence-electron chi connectivity index (χ2n) is 6.31. The van der Waals surface area contributed by atoms with Crippen molar-refractivity contribution >= 4 is 24.0 Å². The van der Waals surface area contributed by atoms with Crippen LogP contribution in [0.3, 0.4) is 0 Å². The molecule has 24 heavy (non-hydrogen) atoms. The van der Waals surface area contributed by atoms with Crippen LogP contribution in [-0.2, 0) is 4.79 Å². The zero-order valence-corrected chi connectivity index (χ0v) is 14.3. The van der Waals surface area contributed by atoms with Crippen LogP contribution >= 0.6 is 12.4 Å². The van der Waals surface area contributed by atoms with Crippen LogP contribution in [0.1, 0.15) is 25.7 Å². The molecule has 0 saturated carbocycles. The van der Waals surface area contributed by atoms with Crippen LogP contribution in [0.4, 0.5) is 5.69 Å². The minimum absolute atomic E-state index is 0. The zero-order valence-electron chi connectivity index (χ0n) is 13.5. The third-order valence-electron chi connectivity index (χ3n) is 4.78. The predicted octanol–water partition coefficient (Wildman–Crippen LogP) is 2.14. The number of ether oxygens (including phenoxy) is 1. The number of likely N-dealkylation sites (N-methyl/N-ethyl adjacent to an activating group) is 1. The number of nitro groups is 1. The Labute approximate surface area is 146 Å². The Morgan fingerprint density at radius 3 is 2.67 bits per heavy atom. The fourth-order valence-electron chi connectivity index (χ4n) is 3.48. The van der Waals surface area contributed by atoms with Gasteiger partial charge in [-0.2, -0.15) is 0 Å². The third kappa shape index (κ3) is 4.15. The number of carbonyl (C=O) groups is 1. The number of piperidine rings is 1. The van der Waals surface area contributed by atoms with Crippen molar-refractivity contribution in [1.29, 1.82) is 0 Å². The first-order chi connectivity index (χ1) is 11.0. The minimum Gasteiger partial charge on any atom is -0.484 e. The van der Waals surface area contributed by atoms with E-state index < -0.39 is 4.92 Å². The Morgan fingerprint density at radius 1 is 1.38 bits per heavy atom. The Bertz CT molecular complexity index is 601. The van der Waals surface area contributed by atoms with Gasteiger partial charge in [-0.3, -0.25) is 14.9 Å². The molecule has 7 nitrogen and oxygen atoms in total. The molecule has 1 aromatic rings. The van der Waals surface area contributed by atoms with Crippen molar-refractivity contribution in [2.45, 2.75) is 43.8 Å². The summed E-state index contributed by atoms with van der Waals surface area (Å²) in [5.74, 6) is 0.245. The standard InChI is InChI=1S/C16H21N3O4.ClH/c1-18(14-7-11-5-6-12(8-14)17-11)16(20)10-23-15-4-2-3-13(9-15)19(21)22;/h2-4,9,11-12,14,17H,5-8,10H2,1H3;1H. The lowest BCUT2D eigenvalue weighted by Gasteiger charge is -2.35. The molecule has 0 radical (unpaired) electrons. The van der Waals surface area contributed by atoms with Crippen LogP contribution in [0.15, 0.2) is 24.3 Å². The van der Waals surface area contributed by atoms with E-state index in [4.69, 9.17) is 4.74 Å². The summed E-state index contributed by atoms with van der Waals surface area (Å²) in [4.78, 5) is 24.3. The molecule has 3 rings (SSSR count). The summed E-state index contributed by atoms with van der Waals surface area (Å²) in [6.45, 7) is -0.100. The van der Waals surface area contributed by atoms with E-state index in [1.807, 2.05) is 7.05 Å². The summed E-state index contributed by atoms with van der Waals surface area (Å²) in [6, 6.07) is 7.18. The molecule has 2 bridgehead atoms. The highest BCUT2D eigenvalue weighted by atomic mass is 35.5. The van der Waals surface area contributed by atoms with Gasteiger partial charge in [-0.15, -0.1) is 12.4 Å². The maximum absolute atomic E-state index is 12.3. The molecule has 0 aromatic heterocycles. The average molecular weight is 356 g/mol. The van der Waals surface area contributed by atoms with Crippen molar-refractivity contribution in [1.82, 2.24) is 10.2 Å².